The van der Waals surface area contributed by atoms with Crippen LogP contribution in [0.4, 0.5) is 18.9 Å². The third-order valence-electron chi connectivity index (χ3n) is 5.53. The molecule has 9 nitrogen and oxygen atoms in total. The predicted octanol–water partition coefficient (Wildman–Crippen LogP) is 2.68. The smallest absolute Gasteiger partial charge is 0.378 e. The van der Waals surface area contributed by atoms with E-state index in [4.69, 9.17) is 4.74 Å². The van der Waals surface area contributed by atoms with Crippen LogP contribution in [0.15, 0.2) is 47.8 Å². The van der Waals surface area contributed by atoms with E-state index in [0.717, 1.165) is 18.0 Å². The fourth-order valence-electron chi connectivity index (χ4n) is 3.57. The Morgan fingerprint density at radius 3 is 2.40 bits per heavy atom. The number of alkyl halides is 3. The maximum atomic E-state index is 13.3. The van der Waals surface area contributed by atoms with Crippen LogP contribution in [0.25, 0.3) is 5.82 Å². The largest absolute Gasteiger partial charge is 0.451 e. The highest BCUT2D eigenvalue weighted by Gasteiger charge is 2.34. The third kappa shape index (κ3) is 5.48. The fourth-order valence-corrected chi connectivity index (χ4v) is 3.57. The van der Waals surface area contributed by atoms with Crippen molar-refractivity contribution in [1.29, 1.82) is 0 Å². The van der Waals surface area contributed by atoms with Crippen molar-refractivity contribution < 1.29 is 22.7 Å². The lowest BCUT2D eigenvalue weighted by Gasteiger charge is -2.29. The first kappa shape index (κ1) is 24.3. The summed E-state index contributed by atoms with van der Waals surface area (Å²) < 4.78 is 44.9. The van der Waals surface area contributed by atoms with Gasteiger partial charge in [-0.05, 0) is 31.5 Å². The maximum Gasteiger partial charge on any atom is 0.451 e. The van der Waals surface area contributed by atoms with Crippen LogP contribution in [0.2, 0.25) is 0 Å². The predicted molar refractivity (Wildman–Crippen MR) is 121 cm³/mol. The molecule has 1 aliphatic rings. The van der Waals surface area contributed by atoms with Gasteiger partial charge in [-0.3, -0.25) is 14.2 Å². The molecule has 1 N–H and O–H groups in total. The summed E-state index contributed by atoms with van der Waals surface area (Å²) in [7, 11) is 0. The van der Waals surface area contributed by atoms with E-state index in [-0.39, 0.29) is 11.1 Å². The quantitative estimate of drug-likeness (QED) is 0.589. The number of ether oxygens (including phenoxy) is 1. The second-order valence-corrected chi connectivity index (χ2v) is 8.12. The number of hydrogen-bond acceptors (Lipinski definition) is 7. The summed E-state index contributed by atoms with van der Waals surface area (Å²) in [6, 6.07) is 4.31. The lowest BCUT2D eigenvalue weighted by atomic mass is 10.1. The molecule has 0 spiro atoms. The molecule has 0 unspecified atom stereocenters. The van der Waals surface area contributed by atoms with Gasteiger partial charge in [-0.2, -0.15) is 13.2 Å². The monoisotopic (exact) mass is 488 g/mol. The molecule has 3 aromatic rings. The molecule has 35 heavy (non-hydrogen) atoms. The van der Waals surface area contributed by atoms with Crippen LogP contribution in [0.3, 0.4) is 0 Å². The first-order valence-electron chi connectivity index (χ1n) is 10.9. The molecule has 1 aliphatic heterocycles. The van der Waals surface area contributed by atoms with E-state index in [1.807, 2.05) is 17.9 Å². The summed E-state index contributed by atoms with van der Waals surface area (Å²) in [5, 5.41) is 2.73. The van der Waals surface area contributed by atoms with Crippen molar-refractivity contribution in [3.8, 4) is 5.82 Å². The molecule has 0 aromatic carbocycles. The average molecular weight is 488 g/mol. The van der Waals surface area contributed by atoms with E-state index < -0.39 is 23.9 Å². The summed E-state index contributed by atoms with van der Waals surface area (Å²) in [6.07, 6.45) is 0.414. The molecular weight excluding hydrogens is 465 g/mol. The van der Waals surface area contributed by atoms with E-state index in [2.05, 4.69) is 20.3 Å². The van der Waals surface area contributed by atoms with Crippen LogP contribution >= 0.6 is 0 Å². The molecule has 0 radical (unpaired) electrons. The summed E-state index contributed by atoms with van der Waals surface area (Å²) in [6.45, 7) is 5.34. The van der Waals surface area contributed by atoms with Crippen LogP contribution in [-0.2, 0) is 10.9 Å². The van der Waals surface area contributed by atoms with Crippen LogP contribution in [0.1, 0.15) is 40.3 Å². The Bertz CT molecular complexity index is 1250. The minimum atomic E-state index is -4.65. The van der Waals surface area contributed by atoms with Gasteiger partial charge in [0, 0.05) is 43.4 Å². The molecule has 1 amide bonds. The highest BCUT2D eigenvalue weighted by Crippen LogP contribution is 2.26. The van der Waals surface area contributed by atoms with Crippen molar-refractivity contribution >= 4 is 11.6 Å². The Hall–Kier alpha value is -3.80. The zero-order chi connectivity index (χ0) is 25.2. The molecule has 1 atom stereocenters. The molecule has 4 rings (SSSR count). The second kappa shape index (κ2) is 9.82. The minimum absolute atomic E-state index is 0.188. The number of amides is 1. The Labute approximate surface area is 198 Å². The van der Waals surface area contributed by atoms with Gasteiger partial charge in [0.2, 0.25) is 5.82 Å². The highest BCUT2D eigenvalue weighted by atomic mass is 19.4. The van der Waals surface area contributed by atoms with Gasteiger partial charge in [-0.15, -0.1) is 0 Å². The summed E-state index contributed by atoms with van der Waals surface area (Å²) in [4.78, 5) is 39.3. The first-order valence-corrected chi connectivity index (χ1v) is 10.9. The average Bonchev–Trinajstić information content (AvgIpc) is 2.85. The van der Waals surface area contributed by atoms with Crippen molar-refractivity contribution in [2.45, 2.75) is 26.1 Å². The number of carbonyl (C=O) groups is 1. The van der Waals surface area contributed by atoms with Gasteiger partial charge in [-0.25, -0.2) is 15.0 Å². The molecule has 4 heterocycles. The fraction of sp³-hybridized carbons (Fsp3) is 0.348. The number of hydrogen-bond donors (Lipinski definition) is 1. The van der Waals surface area contributed by atoms with Crippen molar-refractivity contribution in [3.63, 3.8) is 0 Å². The lowest BCUT2D eigenvalue weighted by molar-refractivity contribution is -0.145. The van der Waals surface area contributed by atoms with Crippen molar-refractivity contribution in [2.24, 2.45) is 0 Å². The van der Waals surface area contributed by atoms with Crippen LogP contribution in [0.5, 0.6) is 0 Å². The zero-order valence-electron chi connectivity index (χ0n) is 19.0. The van der Waals surface area contributed by atoms with E-state index >= 15 is 0 Å². The van der Waals surface area contributed by atoms with Crippen LogP contribution in [-0.4, -0.2) is 51.7 Å². The van der Waals surface area contributed by atoms with Crippen molar-refractivity contribution in [1.82, 2.24) is 24.8 Å². The topological polar surface area (TPSA) is 102 Å². The SMILES string of the molecule is Cc1ccc(-n2cc(C(=O)N[C@H](C)c3cnc(C(F)(F)F)nc3)cc(N3CCOCC3)c2=O)nc1. The van der Waals surface area contributed by atoms with Crippen LogP contribution < -0.4 is 15.8 Å². The molecule has 0 saturated carbocycles. The number of anilines is 1. The van der Waals surface area contributed by atoms with Crippen LogP contribution in [0, 0.1) is 6.92 Å². The number of nitrogens with one attached hydrogen (secondary N) is 1. The first-order chi connectivity index (χ1) is 16.6. The Morgan fingerprint density at radius 1 is 1.11 bits per heavy atom. The van der Waals surface area contributed by atoms with E-state index in [9.17, 15) is 22.8 Å². The Morgan fingerprint density at radius 2 is 1.80 bits per heavy atom. The summed E-state index contributed by atoms with van der Waals surface area (Å²) >= 11 is 0. The third-order valence-corrected chi connectivity index (χ3v) is 5.53. The molecule has 184 valence electrons. The van der Waals surface area contributed by atoms with Crippen molar-refractivity contribution in [2.75, 3.05) is 31.2 Å². The lowest BCUT2D eigenvalue weighted by Crippen LogP contribution is -2.41. The number of morpholine rings is 1. The molecule has 0 bridgehead atoms. The van der Waals surface area contributed by atoms with Gasteiger partial charge in [0.25, 0.3) is 11.5 Å². The Balaban J connectivity index is 1.65. The normalized spacial score (nSPS) is 15.1. The summed E-state index contributed by atoms with van der Waals surface area (Å²) in [5.74, 6) is -1.42. The number of aromatic nitrogens is 4. The highest BCUT2D eigenvalue weighted by molar-refractivity contribution is 5.95. The molecule has 1 fully saturated rings. The van der Waals surface area contributed by atoms with Crippen molar-refractivity contribution in [3.05, 3.63) is 75.9 Å². The molecule has 1 saturated heterocycles. The molecule has 0 aliphatic carbocycles. The number of carbonyl (C=O) groups excluding carboxylic acids is 1. The molecule has 3 aromatic heterocycles. The van der Waals surface area contributed by atoms with Gasteiger partial charge >= 0.3 is 6.18 Å². The Kier molecular flexibility index (Phi) is 6.83. The van der Waals surface area contributed by atoms with Gasteiger partial charge in [0.1, 0.15) is 11.5 Å². The molecule has 12 heteroatoms. The molecular formula is C23H23F3N6O3. The second-order valence-electron chi connectivity index (χ2n) is 8.12. The van der Waals surface area contributed by atoms with E-state index in [1.54, 1.807) is 19.2 Å². The number of rotatable bonds is 5. The maximum absolute atomic E-state index is 13.3. The zero-order valence-corrected chi connectivity index (χ0v) is 19.0. The summed E-state index contributed by atoms with van der Waals surface area (Å²) in [5.41, 5.74) is 1.40. The number of nitrogens with zero attached hydrogens (tertiary/aromatic N) is 5. The van der Waals surface area contributed by atoms with E-state index in [1.165, 1.54) is 16.8 Å². The van der Waals surface area contributed by atoms with E-state index in [0.29, 0.717) is 43.4 Å². The van der Waals surface area contributed by atoms with Gasteiger partial charge in [0.05, 0.1) is 24.8 Å². The standard InChI is InChI=1S/C23H23F3N6O3/c1-14-3-4-19(27-10-14)32-13-16(9-18(21(32)34)31-5-7-35-8-6-31)20(33)30-15(2)17-11-28-22(29-12-17)23(24,25)26/h3-4,9-13,15H,5-8H2,1-2H3,(H,30,33)/t15-/m1/s1. The van der Waals surface area contributed by atoms with Gasteiger partial charge < -0.3 is 15.0 Å². The number of aryl methyl sites for hydroxylation is 1. The number of pyridine rings is 2. The number of halogens is 3. The van der Waals surface area contributed by atoms with Gasteiger partial charge in [0.15, 0.2) is 0 Å². The van der Waals surface area contributed by atoms with Gasteiger partial charge in [-0.1, -0.05) is 6.07 Å². The minimum Gasteiger partial charge on any atom is -0.378 e.